The van der Waals surface area contributed by atoms with E-state index >= 15 is 0 Å². The second-order valence-corrected chi connectivity index (χ2v) is 9.22. The lowest BCUT2D eigenvalue weighted by molar-refractivity contribution is -0.0553. The summed E-state index contributed by atoms with van der Waals surface area (Å²) >= 11 is 0. The SMILES string of the molecule is CC1(C)CC(Nc2ncnc3ccc(N4CCC[C@@H]4c4cc(F)ccc4F)nc23)CCO1. The number of anilines is 2. The lowest BCUT2D eigenvalue weighted by atomic mass is 9.94. The molecule has 0 radical (unpaired) electrons. The van der Waals surface area contributed by atoms with Gasteiger partial charge in [-0.2, -0.15) is 0 Å². The summed E-state index contributed by atoms with van der Waals surface area (Å²) in [5.41, 5.74) is 1.61. The molecule has 3 aromatic rings. The van der Waals surface area contributed by atoms with Gasteiger partial charge in [0, 0.05) is 24.8 Å². The first-order valence-electron chi connectivity index (χ1n) is 11.1. The van der Waals surface area contributed by atoms with Crippen LogP contribution in [0.3, 0.4) is 0 Å². The first-order valence-corrected chi connectivity index (χ1v) is 11.1. The average molecular weight is 440 g/mol. The molecule has 2 saturated heterocycles. The molecule has 32 heavy (non-hydrogen) atoms. The zero-order valence-corrected chi connectivity index (χ0v) is 18.3. The average Bonchev–Trinajstić information content (AvgIpc) is 3.24. The highest BCUT2D eigenvalue weighted by Crippen LogP contribution is 2.37. The molecule has 0 amide bonds. The van der Waals surface area contributed by atoms with Crippen molar-refractivity contribution < 1.29 is 13.5 Å². The highest BCUT2D eigenvalue weighted by Gasteiger charge is 2.31. The predicted octanol–water partition coefficient (Wildman–Crippen LogP) is 5.01. The van der Waals surface area contributed by atoms with Crippen LogP contribution < -0.4 is 10.2 Å². The van der Waals surface area contributed by atoms with E-state index in [1.807, 2.05) is 17.0 Å². The Labute approximate surface area is 186 Å². The lowest BCUT2D eigenvalue weighted by Crippen LogP contribution is -2.40. The molecular weight excluding hydrogens is 412 g/mol. The summed E-state index contributed by atoms with van der Waals surface area (Å²) < 4.78 is 34.2. The van der Waals surface area contributed by atoms with Crippen LogP contribution in [-0.4, -0.2) is 39.7 Å². The molecule has 0 spiro atoms. The first-order chi connectivity index (χ1) is 15.4. The zero-order valence-electron chi connectivity index (χ0n) is 18.3. The molecule has 1 unspecified atom stereocenters. The second-order valence-electron chi connectivity index (χ2n) is 9.22. The minimum absolute atomic E-state index is 0.185. The van der Waals surface area contributed by atoms with E-state index in [9.17, 15) is 8.78 Å². The third-order valence-corrected chi connectivity index (χ3v) is 6.37. The molecule has 2 fully saturated rings. The van der Waals surface area contributed by atoms with Crippen LogP contribution >= 0.6 is 0 Å². The van der Waals surface area contributed by atoms with Crippen LogP contribution in [0.15, 0.2) is 36.7 Å². The Morgan fingerprint density at radius 1 is 1.12 bits per heavy atom. The molecule has 2 atom stereocenters. The van der Waals surface area contributed by atoms with Crippen LogP contribution in [-0.2, 0) is 4.74 Å². The summed E-state index contributed by atoms with van der Waals surface area (Å²) in [6.07, 6.45) is 4.92. The number of rotatable bonds is 4. The quantitative estimate of drug-likeness (QED) is 0.616. The van der Waals surface area contributed by atoms with Crippen LogP contribution in [0.25, 0.3) is 11.0 Å². The number of nitrogens with one attached hydrogen (secondary N) is 1. The zero-order chi connectivity index (χ0) is 22.3. The van der Waals surface area contributed by atoms with Gasteiger partial charge in [0.05, 0.1) is 17.2 Å². The summed E-state index contributed by atoms with van der Waals surface area (Å²) in [7, 11) is 0. The molecule has 2 aromatic heterocycles. The third-order valence-electron chi connectivity index (χ3n) is 6.37. The van der Waals surface area contributed by atoms with Crippen molar-refractivity contribution in [2.24, 2.45) is 0 Å². The number of pyridine rings is 1. The minimum Gasteiger partial charge on any atom is -0.375 e. The van der Waals surface area contributed by atoms with E-state index in [1.165, 1.54) is 18.5 Å². The van der Waals surface area contributed by atoms with Gasteiger partial charge in [-0.05, 0) is 69.9 Å². The van der Waals surface area contributed by atoms with E-state index in [0.717, 1.165) is 43.8 Å². The van der Waals surface area contributed by atoms with Gasteiger partial charge in [0.25, 0.3) is 0 Å². The van der Waals surface area contributed by atoms with E-state index in [-0.39, 0.29) is 17.7 Å². The van der Waals surface area contributed by atoms with Gasteiger partial charge in [-0.1, -0.05) is 0 Å². The van der Waals surface area contributed by atoms with Gasteiger partial charge in [0.15, 0.2) is 5.82 Å². The van der Waals surface area contributed by atoms with E-state index in [0.29, 0.717) is 29.3 Å². The van der Waals surface area contributed by atoms with Crippen molar-refractivity contribution in [1.29, 1.82) is 0 Å². The highest BCUT2D eigenvalue weighted by atomic mass is 19.1. The Kier molecular flexibility index (Phi) is 5.41. The molecule has 0 aliphatic carbocycles. The molecule has 168 valence electrons. The Bertz CT molecular complexity index is 1140. The van der Waals surface area contributed by atoms with Crippen molar-refractivity contribution in [3.63, 3.8) is 0 Å². The van der Waals surface area contributed by atoms with E-state index in [1.54, 1.807) is 0 Å². The van der Waals surface area contributed by atoms with Gasteiger partial charge in [-0.25, -0.2) is 23.7 Å². The van der Waals surface area contributed by atoms with Crippen LogP contribution in [0, 0.1) is 11.6 Å². The smallest absolute Gasteiger partial charge is 0.156 e. The largest absolute Gasteiger partial charge is 0.375 e. The Morgan fingerprint density at radius 3 is 2.84 bits per heavy atom. The number of ether oxygens (including phenoxy) is 1. The Hall–Kier alpha value is -2.87. The lowest BCUT2D eigenvalue weighted by Gasteiger charge is -2.36. The monoisotopic (exact) mass is 439 g/mol. The van der Waals surface area contributed by atoms with Gasteiger partial charge in [-0.3, -0.25) is 0 Å². The highest BCUT2D eigenvalue weighted by molar-refractivity contribution is 5.86. The topological polar surface area (TPSA) is 63.2 Å². The van der Waals surface area contributed by atoms with E-state index < -0.39 is 11.6 Å². The molecule has 6 nitrogen and oxygen atoms in total. The van der Waals surface area contributed by atoms with Crippen molar-refractivity contribution >= 4 is 22.7 Å². The summed E-state index contributed by atoms with van der Waals surface area (Å²) in [5, 5.41) is 3.54. The van der Waals surface area contributed by atoms with Crippen LogP contribution in [0.4, 0.5) is 20.4 Å². The van der Waals surface area contributed by atoms with Crippen molar-refractivity contribution in [2.75, 3.05) is 23.4 Å². The van der Waals surface area contributed by atoms with E-state index in [2.05, 4.69) is 29.1 Å². The van der Waals surface area contributed by atoms with Crippen molar-refractivity contribution in [1.82, 2.24) is 15.0 Å². The Balaban J connectivity index is 1.47. The van der Waals surface area contributed by atoms with Gasteiger partial charge in [0.2, 0.25) is 0 Å². The number of nitrogens with zero attached hydrogens (tertiary/aromatic N) is 4. The van der Waals surface area contributed by atoms with Crippen molar-refractivity contribution in [3.05, 3.63) is 53.9 Å². The standard InChI is InChI=1S/C24H27F2N5O/c1-24(2)13-16(9-11-32-24)29-23-22-19(27-14-28-23)7-8-21(30-22)31-10-3-4-20(31)17-12-15(25)5-6-18(17)26/h5-8,12,14,16,20H,3-4,9-11,13H2,1-2H3,(H,27,28,29)/t16?,20-/m1/s1. The molecule has 1 aromatic carbocycles. The maximum Gasteiger partial charge on any atom is 0.156 e. The number of aromatic nitrogens is 3. The second kappa shape index (κ2) is 8.24. The molecule has 4 heterocycles. The summed E-state index contributed by atoms with van der Waals surface area (Å²) in [5.74, 6) is 0.581. The molecule has 0 saturated carbocycles. The summed E-state index contributed by atoms with van der Waals surface area (Å²) in [4.78, 5) is 15.8. The normalized spacial score (nSPS) is 22.9. The number of benzene rings is 1. The Morgan fingerprint density at radius 2 is 2.00 bits per heavy atom. The molecule has 5 rings (SSSR count). The number of hydrogen-bond acceptors (Lipinski definition) is 6. The van der Waals surface area contributed by atoms with E-state index in [4.69, 9.17) is 9.72 Å². The van der Waals surface area contributed by atoms with Gasteiger partial charge < -0.3 is 15.0 Å². The van der Waals surface area contributed by atoms with Crippen molar-refractivity contribution in [3.8, 4) is 0 Å². The fraction of sp³-hybridized carbons (Fsp3) is 0.458. The van der Waals surface area contributed by atoms with Gasteiger partial charge >= 0.3 is 0 Å². The molecule has 0 bridgehead atoms. The fourth-order valence-corrected chi connectivity index (χ4v) is 4.88. The fourth-order valence-electron chi connectivity index (χ4n) is 4.88. The molecule has 2 aliphatic rings. The minimum atomic E-state index is -0.431. The number of hydrogen-bond donors (Lipinski definition) is 1. The number of fused-ring (bicyclic) bond motifs is 1. The molecule has 8 heteroatoms. The maximum absolute atomic E-state index is 14.5. The third kappa shape index (κ3) is 4.11. The van der Waals surface area contributed by atoms with Crippen LogP contribution in [0.1, 0.15) is 51.1 Å². The maximum atomic E-state index is 14.5. The summed E-state index contributed by atoms with van der Waals surface area (Å²) in [6.45, 7) is 5.60. The van der Waals surface area contributed by atoms with Crippen molar-refractivity contribution in [2.45, 2.75) is 57.2 Å². The molecule has 1 N–H and O–H groups in total. The van der Waals surface area contributed by atoms with Crippen LogP contribution in [0.2, 0.25) is 0 Å². The number of halogens is 2. The molecule has 2 aliphatic heterocycles. The first kappa shape index (κ1) is 21.0. The predicted molar refractivity (Wildman–Crippen MR) is 120 cm³/mol. The summed E-state index contributed by atoms with van der Waals surface area (Å²) in [6, 6.07) is 7.42. The van der Waals surface area contributed by atoms with Gasteiger partial charge in [0.1, 0.15) is 29.3 Å². The van der Waals surface area contributed by atoms with Gasteiger partial charge in [-0.15, -0.1) is 0 Å². The van der Waals surface area contributed by atoms with Crippen LogP contribution in [0.5, 0.6) is 0 Å². The molecular formula is C24H27F2N5O.